The van der Waals surface area contributed by atoms with Crippen molar-refractivity contribution in [3.8, 4) is 0 Å². The number of carbonyl (C=O) groups is 1. The third kappa shape index (κ3) is 8.08. The van der Waals surface area contributed by atoms with Crippen molar-refractivity contribution in [2.45, 2.75) is 39.7 Å². The summed E-state index contributed by atoms with van der Waals surface area (Å²) in [5, 5.41) is 0. The first-order chi connectivity index (χ1) is 6.10. The van der Waals surface area contributed by atoms with Gasteiger partial charge in [0, 0.05) is 12.1 Å². The molecule has 4 heteroatoms. The van der Waals surface area contributed by atoms with Crippen molar-refractivity contribution in [3.63, 3.8) is 0 Å². The van der Waals surface area contributed by atoms with E-state index in [0.29, 0.717) is 6.61 Å². The summed E-state index contributed by atoms with van der Waals surface area (Å²) in [6.45, 7) is 6.13. The molecule has 3 nitrogen and oxygen atoms in total. The van der Waals surface area contributed by atoms with Gasteiger partial charge >= 0.3 is 5.97 Å². The fourth-order valence-corrected chi connectivity index (χ4v) is 1.00. The van der Waals surface area contributed by atoms with Crippen LogP contribution in [0.2, 0.25) is 0 Å². The second-order valence-corrected chi connectivity index (χ2v) is 3.12. The molecule has 0 aliphatic rings. The Balaban J connectivity index is 0. The smallest absolute Gasteiger partial charge is 0.330 e. The number of esters is 1. The molecule has 1 atom stereocenters. The average Bonchev–Trinajstić information content (AvgIpc) is 2.04. The molecule has 0 aliphatic heterocycles. The van der Waals surface area contributed by atoms with Gasteiger partial charge < -0.3 is 10.5 Å². The normalized spacial score (nSPS) is 13.0. The largest absolute Gasteiger partial charge is 0.463 e. The van der Waals surface area contributed by atoms with Gasteiger partial charge in [-0.3, -0.25) is 0 Å². The van der Waals surface area contributed by atoms with Crippen LogP contribution in [-0.4, -0.2) is 18.6 Å². The van der Waals surface area contributed by atoms with Crippen molar-refractivity contribution in [1.29, 1.82) is 0 Å². The van der Waals surface area contributed by atoms with Crippen LogP contribution >= 0.6 is 12.4 Å². The summed E-state index contributed by atoms with van der Waals surface area (Å²) in [7, 11) is 0. The number of nitrogens with two attached hydrogens (primary N) is 1. The molecule has 0 aromatic rings. The van der Waals surface area contributed by atoms with Crippen LogP contribution in [-0.2, 0) is 9.53 Å². The number of hydrogen-bond donors (Lipinski definition) is 1. The van der Waals surface area contributed by atoms with E-state index in [2.05, 4.69) is 0 Å². The lowest BCUT2D eigenvalue weighted by Crippen LogP contribution is -2.18. The van der Waals surface area contributed by atoms with E-state index in [0.717, 1.165) is 18.4 Å². The van der Waals surface area contributed by atoms with E-state index in [-0.39, 0.29) is 24.4 Å². The van der Waals surface area contributed by atoms with Gasteiger partial charge in [0.1, 0.15) is 0 Å². The minimum Gasteiger partial charge on any atom is -0.463 e. The first-order valence-electron chi connectivity index (χ1n) is 4.69. The van der Waals surface area contributed by atoms with Gasteiger partial charge in [0.15, 0.2) is 0 Å². The van der Waals surface area contributed by atoms with Crippen molar-refractivity contribution in [2.75, 3.05) is 6.61 Å². The van der Waals surface area contributed by atoms with Crippen molar-refractivity contribution in [2.24, 2.45) is 5.73 Å². The molecule has 0 amide bonds. The van der Waals surface area contributed by atoms with Gasteiger partial charge in [0.25, 0.3) is 0 Å². The quantitative estimate of drug-likeness (QED) is 0.571. The number of halogens is 1. The molecule has 2 N–H and O–H groups in total. The molecule has 0 radical (unpaired) electrons. The van der Waals surface area contributed by atoms with Crippen LogP contribution in [0, 0.1) is 0 Å². The molecule has 1 unspecified atom stereocenters. The highest BCUT2D eigenvalue weighted by Crippen LogP contribution is 2.05. The molecule has 0 aliphatic carbocycles. The van der Waals surface area contributed by atoms with Crippen LogP contribution in [0.1, 0.15) is 33.6 Å². The predicted molar refractivity (Wildman–Crippen MR) is 60.5 cm³/mol. The number of carbonyl (C=O) groups excluding carboxylic acids is 1. The summed E-state index contributed by atoms with van der Waals surface area (Å²) in [5.74, 6) is -0.275. The highest BCUT2D eigenvalue weighted by molar-refractivity contribution is 5.85. The summed E-state index contributed by atoms with van der Waals surface area (Å²) in [5.41, 5.74) is 6.71. The number of ether oxygens (including phenoxy) is 1. The Bertz CT molecular complexity index is 193. The third-order valence-corrected chi connectivity index (χ3v) is 1.76. The minimum absolute atomic E-state index is 0. The maximum Gasteiger partial charge on any atom is 0.330 e. The Morgan fingerprint density at radius 2 is 2.07 bits per heavy atom. The lowest BCUT2D eigenvalue weighted by molar-refractivity contribution is -0.137. The molecule has 0 saturated heterocycles. The molecule has 14 heavy (non-hydrogen) atoms. The highest BCUT2D eigenvalue weighted by Gasteiger charge is 2.02. The van der Waals surface area contributed by atoms with Gasteiger partial charge in [-0.15, -0.1) is 12.4 Å². The molecule has 0 saturated carbocycles. The van der Waals surface area contributed by atoms with Crippen molar-refractivity contribution >= 4 is 18.4 Å². The molecule has 0 fully saturated rings. The lowest BCUT2D eigenvalue weighted by Gasteiger charge is -2.07. The molecule has 0 aromatic carbocycles. The topological polar surface area (TPSA) is 52.3 Å². The zero-order valence-corrected chi connectivity index (χ0v) is 9.89. The maximum atomic E-state index is 11.0. The van der Waals surface area contributed by atoms with Crippen molar-refractivity contribution in [3.05, 3.63) is 11.6 Å². The Kier molecular flexibility index (Phi) is 10.3. The lowest BCUT2D eigenvalue weighted by atomic mass is 10.1. The van der Waals surface area contributed by atoms with Gasteiger partial charge in [-0.05, 0) is 26.7 Å². The standard InChI is InChI=1S/C10H19NO2.ClH/c1-4-9(11)6-8(3)7-10(12)13-5-2;/h7,9H,4-6,11H2,1-3H3;1H/b8-7+;. The minimum atomic E-state index is -0.275. The van der Waals surface area contributed by atoms with Gasteiger partial charge in [-0.2, -0.15) is 0 Å². The van der Waals surface area contributed by atoms with Gasteiger partial charge in [0.2, 0.25) is 0 Å². The van der Waals surface area contributed by atoms with E-state index in [1.54, 1.807) is 6.92 Å². The van der Waals surface area contributed by atoms with E-state index < -0.39 is 0 Å². The van der Waals surface area contributed by atoms with Gasteiger partial charge in [-0.25, -0.2) is 4.79 Å². The Labute approximate surface area is 92.1 Å². The fraction of sp³-hybridized carbons (Fsp3) is 0.700. The molecule has 0 rings (SSSR count). The average molecular weight is 222 g/mol. The summed E-state index contributed by atoms with van der Waals surface area (Å²) >= 11 is 0. The third-order valence-electron chi connectivity index (χ3n) is 1.76. The second kappa shape index (κ2) is 9.03. The molecule has 0 aromatic heterocycles. The first-order valence-corrected chi connectivity index (χ1v) is 4.69. The molecule has 0 bridgehead atoms. The van der Waals surface area contributed by atoms with Crippen LogP contribution in [0.4, 0.5) is 0 Å². The summed E-state index contributed by atoms with van der Waals surface area (Å²) < 4.78 is 4.77. The molecule has 84 valence electrons. The first kappa shape index (κ1) is 15.9. The molecular weight excluding hydrogens is 202 g/mol. The second-order valence-electron chi connectivity index (χ2n) is 3.12. The zero-order chi connectivity index (χ0) is 10.3. The molecule has 0 spiro atoms. The van der Waals surface area contributed by atoms with Crippen LogP contribution in [0.5, 0.6) is 0 Å². The van der Waals surface area contributed by atoms with E-state index in [1.807, 2.05) is 13.8 Å². The predicted octanol–water partition coefficient (Wildman–Crippen LogP) is 2.05. The van der Waals surface area contributed by atoms with Crippen LogP contribution in [0.25, 0.3) is 0 Å². The number of rotatable bonds is 5. The molecular formula is C10H20ClNO2. The fourth-order valence-electron chi connectivity index (χ4n) is 1.00. The van der Waals surface area contributed by atoms with E-state index >= 15 is 0 Å². The monoisotopic (exact) mass is 221 g/mol. The summed E-state index contributed by atoms with van der Waals surface area (Å²) in [4.78, 5) is 11.0. The zero-order valence-electron chi connectivity index (χ0n) is 9.08. The SMILES string of the molecule is CCOC(=O)/C=C(\C)CC(N)CC.Cl. The Hall–Kier alpha value is -0.540. The van der Waals surface area contributed by atoms with Crippen molar-refractivity contribution in [1.82, 2.24) is 0 Å². The number of hydrogen-bond acceptors (Lipinski definition) is 3. The molecule has 0 heterocycles. The Morgan fingerprint density at radius 1 is 1.50 bits per heavy atom. The maximum absolute atomic E-state index is 11.0. The Morgan fingerprint density at radius 3 is 2.50 bits per heavy atom. The summed E-state index contributed by atoms with van der Waals surface area (Å²) in [6.07, 6.45) is 3.20. The van der Waals surface area contributed by atoms with Gasteiger partial charge in [0.05, 0.1) is 6.61 Å². The van der Waals surface area contributed by atoms with Crippen LogP contribution in [0.15, 0.2) is 11.6 Å². The van der Waals surface area contributed by atoms with E-state index in [1.165, 1.54) is 6.08 Å². The summed E-state index contributed by atoms with van der Waals surface area (Å²) in [6, 6.07) is 0.144. The highest BCUT2D eigenvalue weighted by atomic mass is 35.5. The van der Waals surface area contributed by atoms with Crippen LogP contribution < -0.4 is 5.73 Å². The van der Waals surface area contributed by atoms with E-state index in [9.17, 15) is 4.79 Å². The van der Waals surface area contributed by atoms with E-state index in [4.69, 9.17) is 10.5 Å². The van der Waals surface area contributed by atoms with Crippen LogP contribution in [0.3, 0.4) is 0 Å². The van der Waals surface area contributed by atoms with Crippen molar-refractivity contribution < 1.29 is 9.53 Å². The van der Waals surface area contributed by atoms with Gasteiger partial charge in [-0.1, -0.05) is 12.5 Å².